The topological polar surface area (TPSA) is 246 Å². The van der Waals surface area contributed by atoms with E-state index in [1.54, 1.807) is 0 Å². The summed E-state index contributed by atoms with van der Waals surface area (Å²) in [6, 6.07) is -3.91. The number of amides is 2. The van der Waals surface area contributed by atoms with Gasteiger partial charge >= 0.3 is 43.1 Å². The number of hydrogen-bond donors (Lipinski definition) is 4. The van der Waals surface area contributed by atoms with Crippen molar-refractivity contribution < 1.29 is 76.0 Å². The molecular formula is C14H23N5NaO10PS2. The fourth-order valence-corrected chi connectivity index (χ4v) is 7.18. The van der Waals surface area contributed by atoms with Gasteiger partial charge in [0.25, 0.3) is 5.91 Å². The molecule has 0 aromatic rings. The second kappa shape index (κ2) is 10.1. The summed E-state index contributed by atoms with van der Waals surface area (Å²) >= 11 is 0.860. The smallest absolute Gasteiger partial charge is 0.731 e. The molecule has 15 nitrogen and oxygen atoms in total. The van der Waals surface area contributed by atoms with Gasteiger partial charge in [-0.05, 0) is 13.3 Å². The molecule has 0 aromatic carbocycles. The molecule has 1 fully saturated rings. The predicted molar refractivity (Wildman–Crippen MR) is 110 cm³/mol. The number of carbonyl (C=O) groups excluding carboxylic acids is 3. The van der Waals surface area contributed by atoms with E-state index >= 15 is 0 Å². The molecule has 6 N–H and O–H groups in total. The Labute approximate surface area is 216 Å². The maximum absolute atomic E-state index is 13.6. The Morgan fingerprint density at radius 3 is 2.33 bits per heavy atom. The summed E-state index contributed by atoms with van der Waals surface area (Å²) < 4.78 is 51.2. The molecule has 0 aromatic heterocycles. The fraction of sp³-hybridized carbons (Fsp3) is 0.714. The van der Waals surface area contributed by atoms with Crippen LogP contribution in [0.3, 0.4) is 0 Å². The van der Waals surface area contributed by atoms with Gasteiger partial charge in [-0.25, -0.2) is 22.5 Å². The molecule has 0 radical (unpaired) electrons. The fourth-order valence-electron chi connectivity index (χ4n) is 3.93. The van der Waals surface area contributed by atoms with Crippen LogP contribution in [-0.4, -0.2) is 97.2 Å². The van der Waals surface area contributed by atoms with Gasteiger partial charge in [0.15, 0.2) is 26.7 Å². The minimum Gasteiger partial charge on any atom is -0.731 e. The van der Waals surface area contributed by atoms with Crippen molar-refractivity contribution in [1.29, 1.82) is 0 Å². The molecule has 0 spiro atoms. The molecule has 182 valence electrons. The van der Waals surface area contributed by atoms with Crippen molar-refractivity contribution in [3.63, 3.8) is 0 Å². The second-order valence-electron chi connectivity index (χ2n) is 7.02. The predicted octanol–water partition coefficient (Wildman–Crippen LogP) is -5.91. The second-order valence-corrected chi connectivity index (χ2v) is 11.1. The molecule has 2 heterocycles. The summed E-state index contributed by atoms with van der Waals surface area (Å²) in [5, 5.41) is -2.83. The van der Waals surface area contributed by atoms with Crippen molar-refractivity contribution in [3.8, 4) is 0 Å². The Morgan fingerprint density at radius 1 is 1.45 bits per heavy atom. The van der Waals surface area contributed by atoms with Gasteiger partial charge in [-0.1, -0.05) is 18.7 Å². The van der Waals surface area contributed by atoms with Crippen LogP contribution in [-0.2, 0) is 34.0 Å². The maximum Gasteiger partial charge on any atom is 1.00 e. The van der Waals surface area contributed by atoms with Gasteiger partial charge in [0.05, 0.1) is 7.11 Å². The molecule has 4 unspecified atom stereocenters. The zero-order chi connectivity index (χ0) is 24.9. The maximum atomic E-state index is 13.6. The monoisotopic (exact) mass is 539 g/mol. The van der Waals surface area contributed by atoms with Gasteiger partial charge in [0.1, 0.15) is 11.7 Å². The number of amidine groups is 1. The van der Waals surface area contributed by atoms with Crippen LogP contribution in [0.2, 0.25) is 0 Å². The molecule has 0 saturated carbocycles. The molecule has 2 amide bonds. The van der Waals surface area contributed by atoms with E-state index in [1.807, 2.05) is 0 Å². The Balaban J connectivity index is 0.00000544. The first-order chi connectivity index (χ1) is 14.5. The molecule has 0 aliphatic carbocycles. The Hall–Kier alpha value is -0.750. The Bertz CT molecular complexity index is 1020. The summed E-state index contributed by atoms with van der Waals surface area (Å²) in [5.41, 5.74) is 9.60. The number of β-lactam (4-membered cyclic amide) rings is 1. The first-order valence-corrected chi connectivity index (χ1v) is 13.0. The summed E-state index contributed by atoms with van der Waals surface area (Å²) in [4.78, 5) is 63.3. The third kappa shape index (κ3) is 4.72. The van der Waals surface area contributed by atoms with Gasteiger partial charge in [0.2, 0.25) is 5.91 Å². The summed E-state index contributed by atoms with van der Waals surface area (Å²) in [7, 11) is -10.0. The van der Waals surface area contributed by atoms with Crippen LogP contribution in [0.25, 0.3) is 0 Å². The zero-order valence-corrected chi connectivity index (χ0v) is 22.7. The van der Waals surface area contributed by atoms with E-state index in [0.29, 0.717) is 4.90 Å². The van der Waals surface area contributed by atoms with Crippen molar-refractivity contribution in [1.82, 2.24) is 9.21 Å². The van der Waals surface area contributed by atoms with Crippen LogP contribution in [0.15, 0.2) is 4.99 Å². The number of carbonyl (C=O) groups is 3. The number of likely N-dealkylation sites (N-methyl/N-ethyl adjacent to an activating group) is 1. The largest absolute Gasteiger partial charge is 1.00 e. The van der Waals surface area contributed by atoms with E-state index in [4.69, 9.17) is 11.5 Å². The average Bonchev–Trinajstić information content (AvgIpc) is 3.00. The Morgan fingerprint density at radius 2 is 2.00 bits per heavy atom. The van der Waals surface area contributed by atoms with Gasteiger partial charge < -0.3 is 35.4 Å². The van der Waals surface area contributed by atoms with Gasteiger partial charge in [-0.15, -0.1) is 0 Å². The van der Waals surface area contributed by atoms with Gasteiger partial charge in [0, 0.05) is 12.3 Å². The molecular weight excluding hydrogens is 516 g/mol. The normalized spacial score (nSPS) is 27.1. The first kappa shape index (κ1) is 30.3. The SMILES string of the molecule is CCN(C(=O)C(CC)(C1(N)CSC(N)=N1)P(=O)(O)O)C1C(=O)N(S(=O)(=O)[O-])C1C(=O)OC.[Na+]. The molecule has 33 heavy (non-hydrogen) atoms. The van der Waals surface area contributed by atoms with E-state index < -0.39 is 71.6 Å². The van der Waals surface area contributed by atoms with E-state index in [9.17, 15) is 41.7 Å². The third-order valence-electron chi connectivity index (χ3n) is 5.47. The van der Waals surface area contributed by atoms with Crippen LogP contribution >= 0.6 is 19.4 Å². The number of hydrogen-bond acceptors (Lipinski definition) is 12. The van der Waals surface area contributed by atoms with Crippen molar-refractivity contribution in [3.05, 3.63) is 0 Å². The first-order valence-electron chi connectivity index (χ1n) is 9.04. The molecule has 1 saturated heterocycles. The van der Waals surface area contributed by atoms with E-state index in [1.165, 1.54) is 13.8 Å². The molecule has 19 heteroatoms. The third-order valence-corrected chi connectivity index (χ3v) is 9.22. The Kier molecular flexibility index (Phi) is 9.25. The molecule has 2 aliphatic heterocycles. The van der Waals surface area contributed by atoms with Crippen molar-refractivity contribution >= 4 is 52.6 Å². The minimum atomic E-state index is -5.45. The number of aliphatic imine (C=N–C) groups is 1. The molecule has 2 aliphatic rings. The van der Waals surface area contributed by atoms with Crippen molar-refractivity contribution in [2.75, 3.05) is 19.4 Å². The van der Waals surface area contributed by atoms with Crippen LogP contribution < -0.4 is 41.0 Å². The van der Waals surface area contributed by atoms with Crippen molar-refractivity contribution in [2.24, 2.45) is 16.5 Å². The average molecular weight is 539 g/mol. The van der Waals surface area contributed by atoms with Gasteiger partial charge in [-0.2, -0.15) is 0 Å². The van der Waals surface area contributed by atoms with Crippen LogP contribution in [0.1, 0.15) is 20.3 Å². The van der Waals surface area contributed by atoms with Gasteiger partial charge in [-0.3, -0.25) is 14.2 Å². The van der Waals surface area contributed by atoms with Crippen LogP contribution in [0.5, 0.6) is 0 Å². The number of nitrogens with two attached hydrogens (primary N) is 2. The number of ether oxygens (including phenoxy) is 1. The summed E-state index contributed by atoms with van der Waals surface area (Å²) in [6.07, 6.45) is -0.548. The van der Waals surface area contributed by atoms with Crippen LogP contribution in [0, 0.1) is 0 Å². The number of thioether (sulfide) groups is 1. The van der Waals surface area contributed by atoms with Crippen molar-refractivity contribution in [2.45, 2.75) is 43.2 Å². The van der Waals surface area contributed by atoms with E-state index in [-0.39, 0.29) is 44.8 Å². The quantitative estimate of drug-likeness (QED) is 0.0738. The summed E-state index contributed by atoms with van der Waals surface area (Å²) in [5.74, 6) is -4.38. The standard InChI is InChI=1S/C14H24N5O10PS2.Na/c1-4-13(30(23,24)25,14(16)6-31-12(15)17-14)11(22)18(5-2)7-8(10(21)29-3)19(9(7)20)32(26,27)28;/h7-8H,4-6,16H2,1-3H3,(H2,15,17)(H2,23,24,25)(H,26,27,28);/q;+1/p-1. The van der Waals surface area contributed by atoms with E-state index in [0.717, 1.165) is 18.9 Å². The molecule has 2 rings (SSSR count). The summed E-state index contributed by atoms with van der Waals surface area (Å²) in [6.45, 7) is 2.18. The number of nitrogens with zero attached hydrogens (tertiary/aromatic N) is 3. The number of esters is 1. The minimum absolute atomic E-state index is 0. The molecule has 0 bridgehead atoms. The zero-order valence-electron chi connectivity index (χ0n) is 18.2. The van der Waals surface area contributed by atoms with Crippen LogP contribution in [0.4, 0.5) is 0 Å². The van der Waals surface area contributed by atoms with E-state index in [2.05, 4.69) is 9.73 Å². The number of methoxy groups -OCH3 is 1. The molecule has 4 atom stereocenters. The number of rotatable bonds is 8.